The first-order valence-electron chi connectivity index (χ1n) is 20.6. The van der Waals surface area contributed by atoms with Gasteiger partial charge in [-0.3, -0.25) is 14.4 Å². The van der Waals surface area contributed by atoms with Crippen LogP contribution in [0.25, 0.3) is 0 Å². The van der Waals surface area contributed by atoms with E-state index in [4.69, 9.17) is 28.4 Å². The van der Waals surface area contributed by atoms with Gasteiger partial charge in [0.05, 0.1) is 42.8 Å². The van der Waals surface area contributed by atoms with Gasteiger partial charge in [-0.1, -0.05) is 80.6 Å². The second-order valence-electron chi connectivity index (χ2n) is 17.3. The molecule has 16 nitrogen and oxygen atoms in total. The van der Waals surface area contributed by atoms with Crippen molar-refractivity contribution in [3.8, 4) is 0 Å². The van der Waals surface area contributed by atoms with Gasteiger partial charge >= 0.3 is 24.1 Å². The molecule has 3 aromatic rings. The largest absolute Gasteiger partial charge is 0.508 e. The van der Waals surface area contributed by atoms with Gasteiger partial charge in [0.1, 0.15) is 23.9 Å². The number of esters is 3. The lowest BCUT2D eigenvalue weighted by Crippen LogP contribution is -2.82. The van der Waals surface area contributed by atoms with Crippen LogP contribution >= 0.6 is 0 Å². The monoisotopic (exact) mass is 869 g/mol. The fraction of sp³-hybridized carbons (Fsp3) is 0.447. The summed E-state index contributed by atoms with van der Waals surface area (Å²) in [5, 5.41) is 40.3. The van der Waals surface area contributed by atoms with E-state index >= 15 is 4.79 Å². The van der Waals surface area contributed by atoms with Crippen molar-refractivity contribution in [3.63, 3.8) is 0 Å². The summed E-state index contributed by atoms with van der Waals surface area (Å²) in [4.78, 5) is 83.7. The van der Waals surface area contributed by atoms with Crippen molar-refractivity contribution in [1.29, 1.82) is 0 Å². The Morgan fingerprint density at radius 3 is 2.00 bits per heavy atom. The lowest BCUT2D eigenvalue weighted by atomic mass is 9.44. The molecule has 1 aliphatic heterocycles. The predicted octanol–water partition coefficient (Wildman–Crippen LogP) is 3.96. The van der Waals surface area contributed by atoms with E-state index < -0.39 is 113 Å². The molecule has 11 atom stereocenters. The molecule has 0 aromatic heterocycles. The number of aliphatic hydroxyl groups is 3. The first-order valence-corrected chi connectivity index (χ1v) is 20.6. The molecule has 5 unspecified atom stereocenters. The van der Waals surface area contributed by atoms with Crippen molar-refractivity contribution in [2.45, 2.75) is 101 Å². The van der Waals surface area contributed by atoms with E-state index in [0.717, 1.165) is 14.0 Å². The molecule has 2 bridgehead atoms. The molecular weight excluding hydrogens is 819 g/mol. The van der Waals surface area contributed by atoms with Gasteiger partial charge in [-0.25, -0.2) is 14.4 Å². The summed E-state index contributed by atoms with van der Waals surface area (Å²) in [6, 6.07) is 22.8. The van der Waals surface area contributed by atoms with Crippen molar-refractivity contribution >= 4 is 35.8 Å². The van der Waals surface area contributed by atoms with Gasteiger partial charge in [-0.2, -0.15) is 0 Å². The highest BCUT2D eigenvalue weighted by Crippen LogP contribution is 2.64. The van der Waals surface area contributed by atoms with Gasteiger partial charge in [0.2, 0.25) is 0 Å². The maximum Gasteiger partial charge on any atom is 0.508 e. The Hall–Kier alpha value is -5.94. The van der Waals surface area contributed by atoms with E-state index in [1.54, 1.807) is 92.7 Å². The number of benzene rings is 3. The van der Waals surface area contributed by atoms with E-state index in [1.165, 1.54) is 26.0 Å². The van der Waals surface area contributed by atoms with Gasteiger partial charge in [-0.15, -0.1) is 0 Å². The van der Waals surface area contributed by atoms with Gasteiger partial charge < -0.3 is 49.1 Å². The number of aliphatic hydroxyl groups excluding tert-OH is 2. The number of ether oxygens (including phenoxy) is 6. The van der Waals surface area contributed by atoms with E-state index in [2.05, 4.69) is 5.32 Å². The van der Waals surface area contributed by atoms with Gasteiger partial charge in [0.25, 0.3) is 5.91 Å². The summed E-state index contributed by atoms with van der Waals surface area (Å²) in [7, 11) is 1.07. The van der Waals surface area contributed by atoms with Crippen molar-refractivity contribution in [3.05, 3.63) is 119 Å². The highest BCUT2D eigenvalue weighted by Gasteiger charge is 2.78. The van der Waals surface area contributed by atoms with Crippen LogP contribution in [0.5, 0.6) is 0 Å². The number of ketones is 1. The number of hydrogen-bond donors (Lipinski definition) is 4. The Morgan fingerprint density at radius 2 is 1.44 bits per heavy atom. The maximum absolute atomic E-state index is 15.5. The quantitative estimate of drug-likeness (QED) is 0.128. The Balaban J connectivity index is 1.39. The lowest BCUT2D eigenvalue weighted by molar-refractivity contribution is -0.344. The molecule has 63 heavy (non-hydrogen) atoms. The molecule has 4 aliphatic rings. The van der Waals surface area contributed by atoms with E-state index in [1.807, 2.05) is 0 Å². The van der Waals surface area contributed by atoms with Crippen molar-refractivity contribution in [1.82, 2.24) is 5.32 Å². The van der Waals surface area contributed by atoms with Gasteiger partial charge in [0, 0.05) is 30.7 Å². The summed E-state index contributed by atoms with van der Waals surface area (Å²) in [6.45, 7) is 6.66. The molecule has 0 spiro atoms. The topological polar surface area (TPSA) is 231 Å². The molecule has 0 radical (unpaired) electrons. The number of amides is 1. The first-order chi connectivity index (χ1) is 29.8. The van der Waals surface area contributed by atoms with Gasteiger partial charge in [-0.05, 0) is 54.8 Å². The van der Waals surface area contributed by atoms with Crippen LogP contribution < -0.4 is 5.32 Å². The molecule has 2 saturated carbocycles. The molecule has 16 heteroatoms. The smallest absolute Gasteiger partial charge is 0.456 e. The van der Waals surface area contributed by atoms with Crippen LogP contribution in [0.3, 0.4) is 0 Å². The third kappa shape index (κ3) is 7.58. The van der Waals surface area contributed by atoms with Crippen LogP contribution in [0.1, 0.15) is 79.8 Å². The molecule has 3 aromatic carbocycles. The highest BCUT2D eigenvalue weighted by molar-refractivity contribution is 5.96. The van der Waals surface area contributed by atoms with E-state index in [-0.39, 0.29) is 35.3 Å². The summed E-state index contributed by atoms with van der Waals surface area (Å²) < 4.78 is 35.1. The fourth-order valence-corrected chi connectivity index (χ4v) is 10.1. The fourth-order valence-electron chi connectivity index (χ4n) is 10.1. The number of nitrogens with one attached hydrogen (secondary N) is 1. The van der Waals surface area contributed by atoms with E-state index in [9.17, 15) is 39.3 Å². The number of carbonyl (C=O) groups is 6. The number of hydrogen-bond acceptors (Lipinski definition) is 15. The lowest BCUT2D eigenvalue weighted by Gasteiger charge is -2.67. The van der Waals surface area contributed by atoms with Crippen LogP contribution in [-0.4, -0.2) is 113 Å². The highest BCUT2D eigenvalue weighted by atomic mass is 16.8. The molecule has 3 aliphatic carbocycles. The third-order valence-corrected chi connectivity index (χ3v) is 13.6. The summed E-state index contributed by atoms with van der Waals surface area (Å²) >= 11 is 0. The SMILES string of the molecule is COC(=O)O[C@@]12CO[C@@H]1C[C@H](O)[C@@]1(C)C(=O)[C@H](OC(C)=O)C3=C(C)C(OC(=O)C(O)C(NC(=O)c4ccccc4)c4ccccc4)C[C@@](O)(C(OC(=O)c4ccccc4)C12)C3(C)C. The van der Waals surface area contributed by atoms with Crippen LogP contribution in [0, 0.1) is 16.7 Å². The van der Waals surface area contributed by atoms with E-state index in [0.29, 0.717) is 5.56 Å². The Morgan fingerprint density at radius 1 is 0.857 bits per heavy atom. The molecule has 4 N–H and O–H groups in total. The summed E-state index contributed by atoms with van der Waals surface area (Å²) in [5.41, 5.74) is -7.35. The normalized spacial score (nSPS) is 31.5. The summed E-state index contributed by atoms with van der Waals surface area (Å²) in [6.07, 6.45) is -12.0. The van der Waals surface area contributed by atoms with Crippen molar-refractivity contribution in [2.75, 3.05) is 13.7 Å². The second-order valence-corrected chi connectivity index (χ2v) is 17.3. The van der Waals surface area contributed by atoms with Gasteiger partial charge in [0.15, 0.2) is 23.6 Å². The second kappa shape index (κ2) is 17.0. The van der Waals surface area contributed by atoms with Crippen LogP contribution in [0.2, 0.25) is 0 Å². The standard InChI is InChI=1S/C47H51NO15/c1-25-30(61-42(55)35(51)34(27-16-10-7-11-17-27)48-40(53)28-18-12-8-13-19-28)23-47(57)39(62-41(54)29-20-14-9-15-21-29)37-45(5,38(52)36(60-26(2)49)33(25)44(47,3)4)31(50)22-32-46(37,24-59-32)63-43(56)58-6/h7-21,30-32,34-37,39,50-51,57H,22-24H2,1-6H3,(H,48,53)/t30?,31-,32+,34?,35?,36+,37?,39?,45+,46-,47+/m0/s1. The van der Waals surface area contributed by atoms with Crippen molar-refractivity contribution < 1.29 is 72.5 Å². The van der Waals surface area contributed by atoms with Crippen LogP contribution in [-0.2, 0) is 42.8 Å². The predicted molar refractivity (Wildman–Crippen MR) is 219 cm³/mol. The van der Waals surface area contributed by atoms with Crippen LogP contribution in [0.15, 0.2) is 102 Å². The Labute approximate surface area is 363 Å². The minimum Gasteiger partial charge on any atom is -0.456 e. The molecule has 1 amide bonds. The molecule has 3 fully saturated rings. The molecule has 334 valence electrons. The molecule has 7 rings (SSSR count). The molecule has 1 heterocycles. The zero-order chi connectivity index (χ0) is 45.6. The number of Topliss-reactive ketones (excluding diaryl/α,β-unsaturated/α-hetero) is 1. The number of carbonyl (C=O) groups excluding carboxylic acids is 6. The maximum atomic E-state index is 15.5. The Bertz CT molecular complexity index is 2300. The average Bonchev–Trinajstić information content (AvgIpc) is 3.26. The Kier molecular flexibility index (Phi) is 12.2. The number of rotatable bonds is 10. The van der Waals surface area contributed by atoms with Crippen molar-refractivity contribution in [2.24, 2.45) is 16.7 Å². The number of fused-ring (bicyclic) bond motifs is 5. The van der Waals surface area contributed by atoms with Crippen LogP contribution in [0.4, 0.5) is 4.79 Å². The minimum absolute atomic E-state index is 0.0247. The molecule has 1 saturated heterocycles. The number of methoxy groups -OCH3 is 1. The summed E-state index contributed by atoms with van der Waals surface area (Å²) in [5.74, 6) is -6.24. The molecular formula is C47H51NO15. The first kappa shape index (κ1) is 45.1. The minimum atomic E-state index is -2.43. The third-order valence-electron chi connectivity index (χ3n) is 13.6. The average molecular weight is 870 g/mol. The zero-order valence-electron chi connectivity index (χ0n) is 35.6. The zero-order valence-corrected chi connectivity index (χ0v) is 35.6.